The molecule has 0 saturated heterocycles. The van der Waals surface area contributed by atoms with E-state index < -0.39 is 0 Å². The highest BCUT2D eigenvalue weighted by molar-refractivity contribution is 6.01. The van der Waals surface area contributed by atoms with Gasteiger partial charge in [0, 0.05) is 43.8 Å². The van der Waals surface area contributed by atoms with E-state index in [1.807, 2.05) is 0 Å². The van der Waals surface area contributed by atoms with Crippen LogP contribution in [0.5, 0.6) is 0 Å². The van der Waals surface area contributed by atoms with Gasteiger partial charge in [0.2, 0.25) is 0 Å². The fourth-order valence-electron chi connectivity index (χ4n) is 3.34. The van der Waals surface area contributed by atoms with E-state index >= 15 is 0 Å². The summed E-state index contributed by atoms with van der Waals surface area (Å²) in [7, 11) is 8.32. The summed E-state index contributed by atoms with van der Waals surface area (Å²) in [6.45, 7) is 0. The smallest absolute Gasteiger partial charge is 0.198 e. The summed E-state index contributed by atoms with van der Waals surface area (Å²) in [6.07, 6.45) is 9.11. The van der Waals surface area contributed by atoms with Gasteiger partial charge in [0.25, 0.3) is 0 Å². The predicted molar refractivity (Wildman–Crippen MR) is 108 cm³/mol. The molecule has 3 rings (SSSR count). The number of allylic oxidation sites excluding steroid dienone is 4. The number of hydrogen-bond donors (Lipinski definition) is 0. The lowest BCUT2D eigenvalue weighted by molar-refractivity contribution is -0.462. The molecule has 1 atom stereocenters. The lowest BCUT2D eigenvalue weighted by Crippen LogP contribution is -2.17. The third kappa shape index (κ3) is 3.90. The molecule has 0 aromatic heterocycles. The maximum Gasteiger partial charge on any atom is 0.198 e. The average Bonchev–Trinajstić information content (AvgIpc) is 2.64. The molecule has 0 bridgehead atoms. The van der Waals surface area contributed by atoms with Crippen LogP contribution in [0.2, 0.25) is 0 Å². The Bertz CT molecular complexity index is 776. The van der Waals surface area contributed by atoms with Crippen molar-refractivity contribution in [2.24, 2.45) is 5.92 Å². The fourth-order valence-corrected chi connectivity index (χ4v) is 3.34. The molecule has 2 heteroatoms. The van der Waals surface area contributed by atoms with Crippen molar-refractivity contribution in [3.8, 4) is 0 Å². The van der Waals surface area contributed by atoms with Crippen LogP contribution in [0.1, 0.15) is 17.0 Å². The van der Waals surface area contributed by atoms with Crippen LogP contribution in [0.15, 0.2) is 78.9 Å². The molecule has 0 aliphatic heterocycles. The molecule has 0 spiro atoms. The Morgan fingerprint density at radius 3 is 1.88 bits per heavy atom. The second-order valence-corrected chi connectivity index (χ2v) is 6.99. The van der Waals surface area contributed by atoms with Gasteiger partial charge >= 0.3 is 0 Å². The van der Waals surface area contributed by atoms with Crippen molar-refractivity contribution < 1.29 is 4.58 Å². The van der Waals surface area contributed by atoms with E-state index in [1.54, 1.807) is 0 Å². The maximum atomic E-state index is 2.33. The Labute approximate surface area is 151 Å². The van der Waals surface area contributed by atoms with Gasteiger partial charge in [-0.15, -0.1) is 0 Å². The Morgan fingerprint density at radius 2 is 1.36 bits per heavy atom. The molecule has 128 valence electrons. The Hall–Kier alpha value is -2.61. The Balaban J connectivity index is 1.99. The van der Waals surface area contributed by atoms with Crippen LogP contribution in [0.4, 0.5) is 5.69 Å². The van der Waals surface area contributed by atoms with Crippen molar-refractivity contribution in [3.05, 3.63) is 90.0 Å². The standard InChI is InChI=1S/C23H27N2/c1-24(2)21-14-10-19(11-15-21)23(18-8-6-5-7-9-18)20-12-16-22(17-13-20)25(3)4/h5-17,19,23H,1-4H3/q+1. The van der Waals surface area contributed by atoms with Gasteiger partial charge in [-0.3, -0.25) is 0 Å². The van der Waals surface area contributed by atoms with Crippen molar-refractivity contribution in [1.29, 1.82) is 0 Å². The van der Waals surface area contributed by atoms with E-state index in [2.05, 4.69) is 117 Å². The molecule has 1 aliphatic carbocycles. The van der Waals surface area contributed by atoms with E-state index in [9.17, 15) is 0 Å². The first-order valence-corrected chi connectivity index (χ1v) is 8.79. The van der Waals surface area contributed by atoms with E-state index in [0.717, 1.165) is 0 Å². The number of nitrogens with zero attached hydrogens (tertiary/aromatic N) is 2. The highest BCUT2D eigenvalue weighted by atomic mass is 15.1. The van der Waals surface area contributed by atoms with Crippen LogP contribution in [-0.2, 0) is 0 Å². The minimum absolute atomic E-state index is 0.327. The monoisotopic (exact) mass is 331 g/mol. The molecule has 2 aromatic rings. The second kappa shape index (κ2) is 7.52. The van der Waals surface area contributed by atoms with Crippen molar-refractivity contribution in [2.45, 2.75) is 5.92 Å². The quantitative estimate of drug-likeness (QED) is 0.755. The van der Waals surface area contributed by atoms with Gasteiger partial charge in [0.15, 0.2) is 5.71 Å². The zero-order valence-electron chi connectivity index (χ0n) is 15.6. The molecule has 0 N–H and O–H groups in total. The third-order valence-corrected chi connectivity index (χ3v) is 4.81. The summed E-state index contributed by atoms with van der Waals surface area (Å²) < 4.78 is 2.15. The Morgan fingerprint density at radius 1 is 0.800 bits per heavy atom. The average molecular weight is 331 g/mol. The van der Waals surface area contributed by atoms with Crippen molar-refractivity contribution in [1.82, 2.24) is 0 Å². The summed E-state index contributed by atoms with van der Waals surface area (Å²) in [6, 6.07) is 19.8. The van der Waals surface area contributed by atoms with Crippen LogP contribution < -0.4 is 4.90 Å². The Kier molecular flexibility index (Phi) is 5.18. The number of benzene rings is 2. The van der Waals surface area contributed by atoms with Gasteiger partial charge in [-0.1, -0.05) is 54.6 Å². The summed E-state index contributed by atoms with van der Waals surface area (Å²) in [5.74, 6) is 0.685. The molecule has 0 radical (unpaired) electrons. The molecular weight excluding hydrogens is 304 g/mol. The summed E-state index contributed by atoms with van der Waals surface area (Å²) in [5, 5.41) is 0. The van der Waals surface area contributed by atoms with E-state index in [1.165, 1.54) is 22.5 Å². The van der Waals surface area contributed by atoms with Gasteiger partial charge in [-0.05, 0) is 23.3 Å². The number of hydrogen-bond acceptors (Lipinski definition) is 1. The highest BCUT2D eigenvalue weighted by Crippen LogP contribution is 2.35. The summed E-state index contributed by atoms with van der Waals surface area (Å²) >= 11 is 0. The largest absolute Gasteiger partial charge is 0.378 e. The minimum Gasteiger partial charge on any atom is -0.378 e. The first-order chi connectivity index (χ1) is 12.1. The molecule has 0 fully saturated rings. The normalized spacial score (nSPS) is 17.4. The van der Waals surface area contributed by atoms with Crippen molar-refractivity contribution in [3.63, 3.8) is 0 Å². The van der Waals surface area contributed by atoms with Crippen LogP contribution in [0.25, 0.3) is 0 Å². The molecule has 1 unspecified atom stereocenters. The molecule has 25 heavy (non-hydrogen) atoms. The lowest BCUT2D eigenvalue weighted by atomic mass is 9.79. The zero-order chi connectivity index (χ0) is 17.8. The zero-order valence-corrected chi connectivity index (χ0v) is 15.6. The predicted octanol–water partition coefficient (Wildman–Crippen LogP) is 4.34. The topological polar surface area (TPSA) is 6.25 Å². The lowest BCUT2D eigenvalue weighted by Gasteiger charge is -2.25. The van der Waals surface area contributed by atoms with E-state index in [4.69, 9.17) is 0 Å². The minimum atomic E-state index is 0.327. The molecule has 0 saturated carbocycles. The van der Waals surface area contributed by atoms with E-state index in [-0.39, 0.29) is 0 Å². The van der Waals surface area contributed by atoms with Crippen molar-refractivity contribution >= 4 is 11.4 Å². The molecule has 2 aromatic carbocycles. The van der Waals surface area contributed by atoms with Gasteiger partial charge < -0.3 is 4.90 Å². The van der Waals surface area contributed by atoms with Gasteiger partial charge in [0.1, 0.15) is 14.1 Å². The summed E-state index contributed by atoms with van der Waals surface area (Å²) in [4.78, 5) is 2.14. The molecule has 1 aliphatic rings. The highest BCUT2D eigenvalue weighted by Gasteiger charge is 2.23. The fraction of sp³-hybridized carbons (Fsp3) is 0.261. The second-order valence-electron chi connectivity index (χ2n) is 6.99. The van der Waals surface area contributed by atoms with Crippen molar-refractivity contribution in [2.75, 3.05) is 33.1 Å². The van der Waals surface area contributed by atoms with E-state index in [0.29, 0.717) is 11.8 Å². The van der Waals surface area contributed by atoms with Crippen LogP contribution >= 0.6 is 0 Å². The van der Waals surface area contributed by atoms with Gasteiger partial charge in [-0.25, -0.2) is 4.58 Å². The molecule has 0 heterocycles. The summed E-state index contributed by atoms with van der Waals surface area (Å²) in [5.41, 5.74) is 5.18. The number of rotatable bonds is 4. The third-order valence-electron chi connectivity index (χ3n) is 4.81. The van der Waals surface area contributed by atoms with Gasteiger partial charge in [-0.2, -0.15) is 0 Å². The van der Waals surface area contributed by atoms with Gasteiger partial charge in [0.05, 0.1) is 0 Å². The first kappa shape index (κ1) is 17.2. The van der Waals surface area contributed by atoms with Crippen LogP contribution in [0.3, 0.4) is 0 Å². The SMILES string of the molecule is CN(C)c1ccc(C(c2ccccc2)C2C=CC(=[N+](C)C)C=C2)cc1. The molecule has 2 nitrogen and oxygen atoms in total. The van der Waals surface area contributed by atoms with Crippen LogP contribution in [-0.4, -0.2) is 38.5 Å². The molecule has 0 amide bonds. The van der Waals surface area contributed by atoms with Crippen LogP contribution in [0, 0.1) is 5.92 Å². The number of anilines is 1. The maximum absolute atomic E-state index is 2.33. The molecular formula is C23H27N2+. The first-order valence-electron chi connectivity index (χ1n) is 8.79.